The quantitative estimate of drug-likeness (QED) is 0.909. The molecular formula is C17H22ClNO3. The zero-order chi connectivity index (χ0) is 15.6. The monoisotopic (exact) mass is 323 g/mol. The Morgan fingerprint density at radius 2 is 1.95 bits per heavy atom. The summed E-state index contributed by atoms with van der Waals surface area (Å²) in [5, 5.41) is 3.80. The Bertz CT molecular complexity index is 525. The van der Waals surface area contributed by atoms with Gasteiger partial charge in [0.2, 0.25) is 5.91 Å². The fourth-order valence-electron chi connectivity index (χ4n) is 3.53. The summed E-state index contributed by atoms with van der Waals surface area (Å²) >= 11 is 5.98. The van der Waals surface area contributed by atoms with E-state index in [1.807, 2.05) is 24.3 Å². The van der Waals surface area contributed by atoms with Crippen molar-refractivity contribution in [2.45, 2.75) is 50.4 Å². The lowest BCUT2D eigenvalue weighted by Gasteiger charge is -2.47. The van der Waals surface area contributed by atoms with E-state index in [4.69, 9.17) is 21.1 Å². The lowest BCUT2D eigenvalue weighted by atomic mass is 9.81. The molecule has 2 atom stereocenters. The summed E-state index contributed by atoms with van der Waals surface area (Å²) in [6.07, 6.45) is 3.41. The van der Waals surface area contributed by atoms with Gasteiger partial charge in [0, 0.05) is 31.2 Å². The van der Waals surface area contributed by atoms with Crippen molar-refractivity contribution in [1.82, 2.24) is 5.32 Å². The van der Waals surface area contributed by atoms with Crippen LogP contribution in [0.25, 0.3) is 0 Å². The maximum atomic E-state index is 11.5. The van der Waals surface area contributed by atoms with Crippen LogP contribution in [0.15, 0.2) is 24.3 Å². The van der Waals surface area contributed by atoms with E-state index < -0.39 is 0 Å². The van der Waals surface area contributed by atoms with Crippen LogP contribution in [0.1, 0.15) is 44.3 Å². The predicted octanol–water partition coefficient (Wildman–Crippen LogP) is 3.25. The molecule has 2 heterocycles. The van der Waals surface area contributed by atoms with Gasteiger partial charge in [-0.05, 0) is 43.4 Å². The van der Waals surface area contributed by atoms with Crippen LogP contribution < -0.4 is 5.32 Å². The zero-order valence-corrected chi connectivity index (χ0v) is 13.6. The Balaban J connectivity index is 1.82. The van der Waals surface area contributed by atoms with Crippen molar-refractivity contribution < 1.29 is 14.3 Å². The van der Waals surface area contributed by atoms with Gasteiger partial charge in [0.05, 0.1) is 11.7 Å². The second-order valence-electron chi connectivity index (χ2n) is 6.29. The first-order valence-corrected chi connectivity index (χ1v) is 8.22. The SMILES string of the molecule is CC(=O)N[C@@H]1C[C@H](c2ccc(Cl)cc2)OC2(CCOCC2)C1. The fourth-order valence-corrected chi connectivity index (χ4v) is 3.66. The van der Waals surface area contributed by atoms with Gasteiger partial charge in [-0.1, -0.05) is 23.7 Å². The molecule has 1 aromatic rings. The molecule has 0 aliphatic carbocycles. The van der Waals surface area contributed by atoms with E-state index in [-0.39, 0.29) is 23.7 Å². The van der Waals surface area contributed by atoms with E-state index >= 15 is 0 Å². The Morgan fingerprint density at radius 3 is 2.59 bits per heavy atom. The van der Waals surface area contributed by atoms with Crippen LogP contribution in [0.2, 0.25) is 5.02 Å². The number of amides is 1. The van der Waals surface area contributed by atoms with Crippen LogP contribution in [0.5, 0.6) is 0 Å². The lowest BCUT2D eigenvalue weighted by molar-refractivity contribution is -0.179. The van der Waals surface area contributed by atoms with Crippen molar-refractivity contribution in [2.75, 3.05) is 13.2 Å². The lowest BCUT2D eigenvalue weighted by Crippen LogP contribution is -2.51. The number of hydrogen-bond donors (Lipinski definition) is 1. The number of halogens is 1. The largest absolute Gasteiger partial charge is 0.381 e. The molecule has 0 saturated carbocycles. The minimum absolute atomic E-state index is 0.0130. The van der Waals surface area contributed by atoms with Gasteiger partial charge in [-0.2, -0.15) is 0 Å². The van der Waals surface area contributed by atoms with Gasteiger partial charge in [-0.15, -0.1) is 0 Å². The molecule has 2 fully saturated rings. The highest BCUT2D eigenvalue weighted by Crippen LogP contribution is 2.42. The predicted molar refractivity (Wildman–Crippen MR) is 84.9 cm³/mol. The Kier molecular flexibility index (Phi) is 4.71. The molecule has 120 valence electrons. The molecule has 2 saturated heterocycles. The third-order valence-electron chi connectivity index (χ3n) is 4.56. The number of ether oxygens (including phenoxy) is 2. The summed E-state index contributed by atoms with van der Waals surface area (Å²) in [5.74, 6) is 0.0176. The molecular weight excluding hydrogens is 302 g/mol. The van der Waals surface area contributed by atoms with Crippen molar-refractivity contribution in [1.29, 1.82) is 0 Å². The number of carbonyl (C=O) groups excluding carboxylic acids is 1. The molecule has 1 spiro atoms. The van der Waals surface area contributed by atoms with Crippen molar-refractivity contribution in [3.8, 4) is 0 Å². The number of benzene rings is 1. The third kappa shape index (κ3) is 3.62. The molecule has 0 radical (unpaired) electrons. The van der Waals surface area contributed by atoms with E-state index in [1.165, 1.54) is 0 Å². The highest BCUT2D eigenvalue weighted by molar-refractivity contribution is 6.30. The highest BCUT2D eigenvalue weighted by Gasteiger charge is 2.43. The zero-order valence-electron chi connectivity index (χ0n) is 12.8. The second kappa shape index (κ2) is 6.57. The molecule has 0 unspecified atom stereocenters. The Labute approximate surface area is 136 Å². The van der Waals surface area contributed by atoms with Crippen LogP contribution >= 0.6 is 11.6 Å². The Hall–Kier alpha value is -1.10. The molecule has 1 aromatic carbocycles. The topological polar surface area (TPSA) is 47.6 Å². The molecule has 2 aliphatic heterocycles. The minimum Gasteiger partial charge on any atom is -0.381 e. The minimum atomic E-state index is -0.187. The van der Waals surface area contributed by atoms with E-state index in [2.05, 4.69) is 5.32 Å². The van der Waals surface area contributed by atoms with Gasteiger partial charge in [0.25, 0.3) is 0 Å². The van der Waals surface area contributed by atoms with E-state index in [9.17, 15) is 4.79 Å². The maximum Gasteiger partial charge on any atom is 0.217 e. The molecule has 2 aliphatic rings. The van der Waals surface area contributed by atoms with Gasteiger partial charge in [-0.25, -0.2) is 0 Å². The van der Waals surface area contributed by atoms with E-state index in [1.54, 1.807) is 6.92 Å². The van der Waals surface area contributed by atoms with Crippen molar-refractivity contribution in [3.63, 3.8) is 0 Å². The van der Waals surface area contributed by atoms with Gasteiger partial charge >= 0.3 is 0 Å². The standard InChI is InChI=1S/C17H22ClNO3/c1-12(20)19-15-10-16(13-2-4-14(18)5-3-13)22-17(11-15)6-8-21-9-7-17/h2-5,15-16H,6-11H2,1H3,(H,19,20)/t15-,16-/m1/s1. The van der Waals surface area contributed by atoms with Crippen LogP contribution in [0, 0.1) is 0 Å². The number of rotatable bonds is 2. The van der Waals surface area contributed by atoms with Crippen LogP contribution in [0.4, 0.5) is 0 Å². The summed E-state index contributed by atoms with van der Waals surface area (Å²) < 4.78 is 12.0. The fraction of sp³-hybridized carbons (Fsp3) is 0.588. The average molecular weight is 324 g/mol. The van der Waals surface area contributed by atoms with Crippen molar-refractivity contribution in [2.24, 2.45) is 0 Å². The smallest absolute Gasteiger partial charge is 0.217 e. The van der Waals surface area contributed by atoms with E-state index in [0.29, 0.717) is 0 Å². The highest BCUT2D eigenvalue weighted by atomic mass is 35.5. The Morgan fingerprint density at radius 1 is 1.27 bits per heavy atom. The average Bonchev–Trinajstić information content (AvgIpc) is 2.47. The molecule has 0 aromatic heterocycles. The normalized spacial score (nSPS) is 27.5. The molecule has 3 rings (SSSR count). The van der Waals surface area contributed by atoms with Gasteiger partial charge in [0.15, 0.2) is 0 Å². The number of carbonyl (C=O) groups is 1. The molecule has 1 amide bonds. The van der Waals surface area contributed by atoms with Crippen molar-refractivity contribution in [3.05, 3.63) is 34.9 Å². The summed E-state index contributed by atoms with van der Waals surface area (Å²) in [5.41, 5.74) is 0.929. The maximum absolute atomic E-state index is 11.5. The van der Waals surface area contributed by atoms with Gasteiger partial charge in [0.1, 0.15) is 0 Å². The first kappa shape index (κ1) is 15.8. The van der Waals surface area contributed by atoms with Gasteiger partial charge in [-0.3, -0.25) is 4.79 Å². The van der Waals surface area contributed by atoms with E-state index in [0.717, 1.165) is 49.5 Å². The second-order valence-corrected chi connectivity index (χ2v) is 6.73. The molecule has 0 bridgehead atoms. The van der Waals surface area contributed by atoms with Crippen LogP contribution in [0.3, 0.4) is 0 Å². The van der Waals surface area contributed by atoms with Crippen LogP contribution in [-0.2, 0) is 14.3 Å². The summed E-state index contributed by atoms with van der Waals surface area (Å²) in [7, 11) is 0. The number of nitrogens with one attached hydrogen (secondary N) is 1. The van der Waals surface area contributed by atoms with Crippen LogP contribution in [-0.4, -0.2) is 30.8 Å². The van der Waals surface area contributed by atoms with Crippen molar-refractivity contribution >= 4 is 17.5 Å². The summed E-state index contributed by atoms with van der Waals surface area (Å²) in [6.45, 7) is 3.02. The first-order valence-electron chi connectivity index (χ1n) is 7.84. The third-order valence-corrected chi connectivity index (χ3v) is 4.81. The molecule has 22 heavy (non-hydrogen) atoms. The summed E-state index contributed by atoms with van der Waals surface area (Å²) in [4.78, 5) is 11.5. The molecule has 1 N–H and O–H groups in total. The molecule has 5 heteroatoms. The van der Waals surface area contributed by atoms with Gasteiger partial charge < -0.3 is 14.8 Å². The molecule has 4 nitrogen and oxygen atoms in total. The first-order chi connectivity index (χ1) is 10.6. The number of hydrogen-bond acceptors (Lipinski definition) is 3. The summed E-state index contributed by atoms with van der Waals surface area (Å²) in [6, 6.07) is 7.94.